The molecule has 3 rings (SSSR count). The van der Waals surface area contributed by atoms with Gasteiger partial charge < -0.3 is 15.1 Å². The Morgan fingerprint density at radius 1 is 1.37 bits per heavy atom. The van der Waals surface area contributed by atoms with Crippen LogP contribution in [0.3, 0.4) is 0 Å². The highest BCUT2D eigenvalue weighted by atomic mass is 16.4. The Labute approximate surface area is 107 Å². The standard InChI is InChI=1S/C12H11N5O2/c1-6-16-17-12(19-6)15-11(18)10-5-7-4-8(13)2-3-9(7)14-10/h2-5,14H,13H2,1H3,(H,15,17,18). The first-order valence-corrected chi connectivity index (χ1v) is 5.61. The fourth-order valence-electron chi connectivity index (χ4n) is 1.78. The van der Waals surface area contributed by atoms with Crippen molar-refractivity contribution in [3.63, 3.8) is 0 Å². The monoisotopic (exact) mass is 257 g/mol. The number of nitrogens with two attached hydrogens (primary N) is 1. The maximum atomic E-state index is 12.0. The average Bonchev–Trinajstić information content (AvgIpc) is 2.95. The van der Waals surface area contributed by atoms with E-state index in [0.29, 0.717) is 17.3 Å². The van der Waals surface area contributed by atoms with Gasteiger partial charge in [-0.15, -0.1) is 5.10 Å². The fraction of sp³-hybridized carbons (Fsp3) is 0.0833. The summed E-state index contributed by atoms with van der Waals surface area (Å²) in [6.45, 7) is 1.65. The van der Waals surface area contributed by atoms with Crippen LogP contribution in [0.4, 0.5) is 11.7 Å². The minimum atomic E-state index is -0.349. The highest BCUT2D eigenvalue weighted by Gasteiger charge is 2.12. The van der Waals surface area contributed by atoms with E-state index in [1.54, 1.807) is 25.1 Å². The van der Waals surface area contributed by atoms with Gasteiger partial charge in [0.05, 0.1) is 0 Å². The van der Waals surface area contributed by atoms with Crippen molar-refractivity contribution in [1.82, 2.24) is 15.2 Å². The van der Waals surface area contributed by atoms with Crippen LogP contribution < -0.4 is 11.1 Å². The Kier molecular flexibility index (Phi) is 2.45. The number of amides is 1. The lowest BCUT2D eigenvalue weighted by atomic mass is 10.2. The topological polar surface area (TPSA) is 110 Å². The van der Waals surface area contributed by atoms with Gasteiger partial charge in [-0.2, -0.15) is 0 Å². The SMILES string of the molecule is Cc1nnc(NC(=O)c2cc3cc(N)ccc3[nH]2)o1. The molecule has 0 saturated heterocycles. The lowest BCUT2D eigenvalue weighted by Crippen LogP contribution is -2.12. The summed E-state index contributed by atoms with van der Waals surface area (Å²) in [6.07, 6.45) is 0. The first-order chi connectivity index (χ1) is 9.11. The van der Waals surface area contributed by atoms with E-state index in [1.807, 2.05) is 6.07 Å². The summed E-state index contributed by atoms with van der Waals surface area (Å²) in [5.74, 6) is 0.0399. The van der Waals surface area contributed by atoms with Crippen molar-refractivity contribution >= 4 is 28.5 Å². The highest BCUT2D eigenvalue weighted by molar-refractivity contribution is 6.05. The minimum Gasteiger partial charge on any atom is -0.408 e. The van der Waals surface area contributed by atoms with Crippen molar-refractivity contribution in [1.29, 1.82) is 0 Å². The number of nitrogens with zero attached hydrogens (tertiary/aromatic N) is 2. The Morgan fingerprint density at radius 3 is 2.95 bits per heavy atom. The third kappa shape index (κ3) is 2.13. The maximum Gasteiger partial charge on any atom is 0.322 e. The molecule has 1 aromatic carbocycles. The number of nitrogen functional groups attached to an aromatic ring is 1. The molecule has 0 aliphatic rings. The zero-order chi connectivity index (χ0) is 13.4. The Balaban J connectivity index is 1.89. The molecule has 7 nitrogen and oxygen atoms in total. The number of benzene rings is 1. The van der Waals surface area contributed by atoms with Gasteiger partial charge in [-0.05, 0) is 24.3 Å². The molecule has 0 atom stereocenters. The van der Waals surface area contributed by atoms with Gasteiger partial charge in [0.25, 0.3) is 5.91 Å². The van der Waals surface area contributed by atoms with E-state index in [-0.39, 0.29) is 11.9 Å². The first kappa shape index (κ1) is 11.3. The van der Waals surface area contributed by atoms with Crippen LogP contribution in [0.25, 0.3) is 10.9 Å². The van der Waals surface area contributed by atoms with Crippen LogP contribution in [0.5, 0.6) is 0 Å². The zero-order valence-electron chi connectivity index (χ0n) is 10.1. The van der Waals surface area contributed by atoms with Crippen molar-refractivity contribution in [3.8, 4) is 0 Å². The number of H-pyrrole nitrogens is 1. The number of aryl methyl sites for hydroxylation is 1. The summed E-state index contributed by atoms with van der Waals surface area (Å²) in [5, 5.41) is 10.7. The van der Waals surface area contributed by atoms with Gasteiger partial charge in [0.2, 0.25) is 5.89 Å². The number of rotatable bonds is 2. The van der Waals surface area contributed by atoms with Gasteiger partial charge >= 0.3 is 6.01 Å². The molecule has 0 unspecified atom stereocenters. The van der Waals surface area contributed by atoms with E-state index in [0.717, 1.165) is 10.9 Å². The van der Waals surface area contributed by atoms with Gasteiger partial charge in [0.15, 0.2) is 0 Å². The summed E-state index contributed by atoms with van der Waals surface area (Å²) >= 11 is 0. The summed E-state index contributed by atoms with van der Waals surface area (Å²) in [4.78, 5) is 15.0. The molecule has 0 aliphatic carbocycles. The number of nitrogens with one attached hydrogen (secondary N) is 2. The van der Waals surface area contributed by atoms with E-state index in [9.17, 15) is 4.79 Å². The lowest BCUT2D eigenvalue weighted by molar-refractivity contribution is 0.102. The van der Waals surface area contributed by atoms with Crippen molar-refractivity contribution in [3.05, 3.63) is 35.9 Å². The first-order valence-electron chi connectivity index (χ1n) is 5.61. The van der Waals surface area contributed by atoms with Gasteiger partial charge in [-0.25, -0.2) is 0 Å². The number of fused-ring (bicyclic) bond motifs is 1. The second-order valence-electron chi connectivity index (χ2n) is 4.11. The van der Waals surface area contributed by atoms with E-state index in [4.69, 9.17) is 10.2 Å². The molecule has 0 saturated carbocycles. The number of carbonyl (C=O) groups excluding carboxylic acids is 1. The van der Waals surface area contributed by atoms with Crippen LogP contribution in [0, 0.1) is 6.92 Å². The van der Waals surface area contributed by atoms with Crippen molar-refractivity contribution in [2.24, 2.45) is 0 Å². The van der Waals surface area contributed by atoms with E-state index in [2.05, 4.69) is 20.5 Å². The van der Waals surface area contributed by atoms with E-state index in [1.165, 1.54) is 0 Å². The predicted octanol–water partition coefficient (Wildman–Crippen LogP) is 1.69. The van der Waals surface area contributed by atoms with Gasteiger partial charge in [-0.1, -0.05) is 5.10 Å². The number of hydrogen-bond donors (Lipinski definition) is 3. The molecule has 0 fully saturated rings. The van der Waals surface area contributed by atoms with Gasteiger partial charge in [-0.3, -0.25) is 10.1 Å². The molecule has 7 heteroatoms. The molecule has 3 aromatic rings. The largest absolute Gasteiger partial charge is 0.408 e. The molecular weight excluding hydrogens is 246 g/mol. The lowest BCUT2D eigenvalue weighted by Gasteiger charge is -1.96. The number of aromatic amines is 1. The third-order valence-corrected chi connectivity index (χ3v) is 2.64. The van der Waals surface area contributed by atoms with Crippen LogP contribution in [-0.2, 0) is 0 Å². The third-order valence-electron chi connectivity index (χ3n) is 2.64. The Morgan fingerprint density at radius 2 is 2.21 bits per heavy atom. The molecule has 1 amide bonds. The van der Waals surface area contributed by atoms with Crippen LogP contribution >= 0.6 is 0 Å². The van der Waals surface area contributed by atoms with Gasteiger partial charge in [0, 0.05) is 23.5 Å². The molecule has 96 valence electrons. The van der Waals surface area contributed by atoms with Crippen LogP contribution in [0.2, 0.25) is 0 Å². The summed E-state index contributed by atoms with van der Waals surface area (Å²) in [6, 6.07) is 7.16. The number of anilines is 2. The zero-order valence-corrected chi connectivity index (χ0v) is 10.1. The quantitative estimate of drug-likeness (QED) is 0.605. The molecule has 0 radical (unpaired) electrons. The number of aromatic nitrogens is 3. The summed E-state index contributed by atoms with van der Waals surface area (Å²) < 4.78 is 5.08. The minimum absolute atomic E-state index is 0.0701. The maximum absolute atomic E-state index is 12.0. The molecule has 0 aliphatic heterocycles. The molecule has 0 spiro atoms. The predicted molar refractivity (Wildman–Crippen MR) is 69.7 cm³/mol. The number of carbonyl (C=O) groups is 1. The van der Waals surface area contributed by atoms with E-state index < -0.39 is 0 Å². The molecule has 2 heterocycles. The number of hydrogen-bond acceptors (Lipinski definition) is 5. The molecular formula is C12H11N5O2. The fourth-order valence-corrected chi connectivity index (χ4v) is 1.78. The molecule has 4 N–H and O–H groups in total. The van der Waals surface area contributed by atoms with Crippen molar-refractivity contribution in [2.75, 3.05) is 11.1 Å². The normalized spacial score (nSPS) is 10.8. The smallest absolute Gasteiger partial charge is 0.322 e. The highest BCUT2D eigenvalue weighted by Crippen LogP contribution is 2.19. The second-order valence-corrected chi connectivity index (χ2v) is 4.11. The second kappa shape index (κ2) is 4.13. The summed E-state index contributed by atoms with van der Waals surface area (Å²) in [7, 11) is 0. The molecule has 2 aromatic heterocycles. The van der Waals surface area contributed by atoms with Crippen molar-refractivity contribution < 1.29 is 9.21 Å². The van der Waals surface area contributed by atoms with Crippen molar-refractivity contribution in [2.45, 2.75) is 6.92 Å². The van der Waals surface area contributed by atoms with Crippen LogP contribution in [0.15, 0.2) is 28.7 Å². The molecule has 19 heavy (non-hydrogen) atoms. The Hall–Kier alpha value is -2.83. The van der Waals surface area contributed by atoms with Gasteiger partial charge in [0.1, 0.15) is 5.69 Å². The van der Waals surface area contributed by atoms with Crippen LogP contribution in [0.1, 0.15) is 16.4 Å². The molecule has 0 bridgehead atoms. The average molecular weight is 257 g/mol. The Bertz CT molecular complexity index is 758. The van der Waals surface area contributed by atoms with E-state index >= 15 is 0 Å². The summed E-state index contributed by atoms with van der Waals surface area (Å²) in [5.41, 5.74) is 7.57. The van der Waals surface area contributed by atoms with Crippen LogP contribution in [-0.4, -0.2) is 21.1 Å².